The molecule has 0 saturated carbocycles. The zero-order valence-electron chi connectivity index (χ0n) is 9.73. The number of carbonyl (C=O) groups excluding carboxylic acids is 1. The van der Waals surface area contributed by atoms with Gasteiger partial charge in [0.15, 0.2) is 0 Å². The molecule has 0 heterocycles. The maximum atomic E-state index is 11.5. The molecule has 0 amide bonds. The molecule has 1 aliphatic rings. The van der Waals surface area contributed by atoms with Gasteiger partial charge in [0.25, 0.3) is 0 Å². The summed E-state index contributed by atoms with van der Waals surface area (Å²) in [5.74, 6) is -1.37. The van der Waals surface area contributed by atoms with Crippen LogP contribution in [0.1, 0.15) is 33.1 Å². The molecule has 0 aromatic rings. The van der Waals surface area contributed by atoms with Gasteiger partial charge in [0.2, 0.25) is 0 Å². The van der Waals surface area contributed by atoms with Gasteiger partial charge in [-0.05, 0) is 26.2 Å². The van der Waals surface area contributed by atoms with Crippen LogP contribution in [0.2, 0.25) is 0 Å². The lowest BCUT2D eigenvalue weighted by atomic mass is 9.77. The fraction of sp³-hybridized carbons (Fsp3) is 0.667. The van der Waals surface area contributed by atoms with E-state index < -0.39 is 11.4 Å². The van der Waals surface area contributed by atoms with Gasteiger partial charge in [-0.15, -0.1) is 0 Å². The predicted octanol–water partition coefficient (Wildman–Crippen LogP) is 2.00. The van der Waals surface area contributed by atoms with Gasteiger partial charge < -0.3 is 9.84 Å². The Kier molecular flexibility index (Phi) is 4.10. The largest absolute Gasteiger partial charge is 0.481 e. The molecule has 2 unspecified atom stereocenters. The molecule has 0 aromatic carbocycles. The Morgan fingerprint density at radius 1 is 1.56 bits per heavy atom. The van der Waals surface area contributed by atoms with Crippen molar-refractivity contribution in [3.05, 3.63) is 12.2 Å². The molecule has 1 N–H and O–H groups in total. The number of carboxylic acids is 1. The van der Waals surface area contributed by atoms with E-state index in [9.17, 15) is 9.59 Å². The van der Waals surface area contributed by atoms with Crippen LogP contribution in [0.4, 0.5) is 0 Å². The number of aliphatic carboxylic acids is 1. The number of carboxylic acid groups (broad SMARTS) is 1. The Morgan fingerprint density at radius 2 is 2.25 bits per heavy atom. The van der Waals surface area contributed by atoms with Crippen molar-refractivity contribution in [3.63, 3.8) is 0 Å². The van der Waals surface area contributed by atoms with E-state index in [0.717, 1.165) is 6.42 Å². The molecule has 0 bridgehead atoms. The Balaban J connectivity index is 2.58. The molecular formula is C12H18O4. The van der Waals surface area contributed by atoms with Crippen molar-refractivity contribution in [2.24, 2.45) is 11.3 Å². The highest BCUT2D eigenvalue weighted by Gasteiger charge is 2.35. The topological polar surface area (TPSA) is 63.6 Å². The summed E-state index contributed by atoms with van der Waals surface area (Å²) >= 11 is 0. The summed E-state index contributed by atoms with van der Waals surface area (Å²) < 4.78 is 5.02. The highest BCUT2D eigenvalue weighted by Crippen LogP contribution is 2.33. The van der Waals surface area contributed by atoms with Crippen molar-refractivity contribution in [2.45, 2.75) is 33.1 Å². The third-order valence-corrected chi connectivity index (χ3v) is 2.91. The van der Waals surface area contributed by atoms with Crippen molar-refractivity contribution in [1.29, 1.82) is 0 Å². The van der Waals surface area contributed by atoms with Gasteiger partial charge in [0.1, 0.15) is 0 Å². The minimum atomic E-state index is -0.843. The number of hydrogen-bond acceptors (Lipinski definition) is 3. The SMILES string of the molecule is CCCOC(=O)C1C=CC(C)(C(=O)O)CC1. The van der Waals surface area contributed by atoms with Crippen LogP contribution in [0, 0.1) is 11.3 Å². The van der Waals surface area contributed by atoms with Gasteiger partial charge in [-0.3, -0.25) is 9.59 Å². The van der Waals surface area contributed by atoms with Crippen molar-refractivity contribution in [3.8, 4) is 0 Å². The minimum absolute atomic E-state index is 0.245. The van der Waals surface area contributed by atoms with Gasteiger partial charge in [-0.25, -0.2) is 0 Å². The molecule has 2 atom stereocenters. The molecule has 0 saturated heterocycles. The molecule has 4 heteroatoms. The minimum Gasteiger partial charge on any atom is -0.481 e. The van der Waals surface area contributed by atoms with Crippen molar-refractivity contribution in [2.75, 3.05) is 6.61 Å². The summed E-state index contributed by atoms with van der Waals surface area (Å²) in [6.45, 7) is 4.03. The fourth-order valence-electron chi connectivity index (χ4n) is 1.65. The molecule has 1 aliphatic carbocycles. The molecule has 4 nitrogen and oxygen atoms in total. The van der Waals surface area contributed by atoms with Crippen LogP contribution in [-0.4, -0.2) is 23.7 Å². The van der Waals surface area contributed by atoms with Gasteiger partial charge in [0, 0.05) is 0 Å². The van der Waals surface area contributed by atoms with Crippen LogP contribution in [0.3, 0.4) is 0 Å². The van der Waals surface area contributed by atoms with E-state index >= 15 is 0 Å². The first kappa shape index (κ1) is 12.7. The summed E-state index contributed by atoms with van der Waals surface area (Å²) in [6, 6.07) is 0. The third-order valence-electron chi connectivity index (χ3n) is 2.91. The Morgan fingerprint density at radius 3 is 2.69 bits per heavy atom. The number of ether oxygens (including phenoxy) is 1. The van der Waals surface area contributed by atoms with Crippen molar-refractivity contribution >= 4 is 11.9 Å². The fourth-order valence-corrected chi connectivity index (χ4v) is 1.65. The lowest BCUT2D eigenvalue weighted by Gasteiger charge is -2.27. The Labute approximate surface area is 95.3 Å². The van der Waals surface area contributed by atoms with Crippen LogP contribution in [0.5, 0.6) is 0 Å². The third kappa shape index (κ3) is 2.84. The van der Waals surface area contributed by atoms with Gasteiger partial charge in [0.05, 0.1) is 17.9 Å². The molecule has 0 radical (unpaired) electrons. The molecule has 0 aromatic heterocycles. The maximum Gasteiger partial charge on any atom is 0.313 e. The van der Waals surface area contributed by atoms with Crippen LogP contribution < -0.4 is 0 Å². The number of hydrogen-bond donors (Lipinski definition) is 1. The van der Waals surface area contributed by atoms with E-state index in [2.05, 4.69) is 0 Å². The molecule has 16 heavy (non-hydrogen) atoms. The first-order chi connectivity index (χ1) is 7.49. The van der Waals surface area contributed by atoms with Crippen LogP contribution in [0.25, 0.3) is 0 Å². The Hall–Kier alpha value is -1.32. The number of rotatable bonds is 4. The molecule has 0 aliphatic heterocycles. The van der Waals surface area contributed by atoms with Gasteiger partial charge >= 0.3 is 11.9 Å². The number of esters is 1. The van der Waals surface area contributed by atoms with E-state index in [1.807, 2.05) is 6.92 Å². The zero-order chi connectivity index (χ0) is 12.2. The predicted molar refractivity (Wildman–Crippen MR) is 58.9 cm³/mol. The summed E-state index contributed by atoms with van der Waals surface area (Å²) in [4.78, 5) is 22.5. The van der Waals surface area contributed by atoms with E-state index in [-0.39, 0.29) is 11.9 Å². The van der Waals surface area contributed by atoms with E-state index in [1.165, 1.54) is 0 Å². The number of carbonyl (C=O) groups is 2. The molecule has 0 spiro atoms. The smallest absolute Gasteiger partial charge is 0.313 e. The van der Waals surface area contributed by atoms with Crippen LogP contribution in [0.15, 0.2) is 12.2 Å². The van der Waals surface area contributed by atoms with E-state index in [1.54, 1.807) is 19.1 Å². The van der Waals surface area contributed by atoms with Crippen LogP contribution in [-0.2, 0) is 14.3 Å². The highest BCUT2D eigenvalue weighted by molar-refractivity contribution is 5.79. The maximum absolute atomic E-state index is 11.5. The van der Waals surface area contributed by atoms with Crippen molar-refractivity contribution in [1.82, 2.24) is 0 Å². The monoisotopic (exact) mass is 226 g/mol. The summed E-state index contributed by atoms with van der Waals surface area (Å²) in [7, 11) is 0. The lowest BCUT2D eigenvalue weighted by molar-refractivity contribution is -0.150. The van der Waals surface area contributed by atoms with Gasteiger partial charge in [-0.2, -0.15) is 0 Å². The summed E-state index contributed by atoms with van der Waals surface area (Å²) in [5.41, 5.74) is -0.832. The second kappa shape index (κ2) is 5.14. The quantitative estimate of drug-likeness (QED) is 0.588. The van der Waals surface area contributed by atoms with E-state index in [0.29, 0.717) is 19.4 Å². The first-order valence-corrected chi connectivity index (χ1v) is 5.59. The summed E-state index contributed by atoms with van der Waals surface area (Å²) in [5, 5.41) is 9.00. The Bertz CT molecular complexity index is 308. The average molecular weight is 226 g/mol. The van der Waals surface area contributed by atoms with Gasteiger partial charge in [-0.1, -0.05) is 19.1 Å². The van der Waals surface area contributed by atoms with Crippen LogP contribution >= 0.6 is 0 Å². The van der Waals surface area contributed by atoms with Crippen molar-refractivity contribution < 1.29 is 19.4 Å². The average Bonchev–Trinajstić information content (AvgIpc) is 2.26. The molecular weight excluding hydrogens is 208 g/mol. The second-order valence-corrected chi connectivity index (χ2v) is 4.39. The zero-order valence-corrected chi connectivity index (χ0v) is 9.73. The molecule has 1 rings (SSSR count). The first-order valence-electron chi connectivity index (χ1n) is 5.59. The molecule has 90 valence electrons. The summed E-state index contributed by atoms with van der Waals surface area (Å²) in [6.07, 6.45) is 5.09. The standard InChI is InChI=1S/C12H18O4/c1-3-8-16-10(13)9-4-6-12(2,7-5-9)11(14)15/h4,6,9H,3,5,7-8H2,1-2H3,(H,14,15). The highest BCUT2D eigenvalue weighted by atomic mass is 16.5. The molecule has 0 fully saturated rings. The normalized spacial score (nSPS) is 28.8. The van der Waals surface area contributed by atoms with E-state index in [4.69, 9.17) is 9.84 Å². The lowest BCUT2D eigenvalue weighted by Crippen LogP contribution is -2.31. The second-order valence-electron chi connectivity index (χ2n) is 4.39.